The first-order valence-corrected chi connectivity index (χ1v) is 9.68. The van der Waals surface area contributed by atoms with Crippen molar-refractivity contribution in [2.75, 3.05) is 13.2 Å². The SMILES string of the molecule is CC(C)OC(=O)C(C)(O)NP(OC[C@H]1OCC(F)C1O)Oc1ccccc1. The van der Waals surface area contributed by atoms with E-state index >= 15 is 0 Å². The molecule has 0 saturated carbocycles. The second kappa shape index (κ2) is 9.73. The highest BCUT2D eigenvalue weighted by molar-refractivity contribution is 7.45. The molecule has 1 heterocycles. The molecule has 0 amide bonds. The van der Waals surface area contributed by atoms with Crippen molar-refractivity contribution in [3.05, 3.63) is 30.3 Å². The standard InChI is InChI=1S/C17H25FNO7P/c1-11(2)25-16(21)17(3,22)19-27(26-12-7-5-4-6-8-12)24-10-14-15(20)13(18)9-23-14/h4-8,11,13-15,19-20,22H,9-10H2,1-3H3/t13?,14-,15?,17?,27?/m1/s1. The molecule has 1 fully saturated rings. The van der Waals surface area contributed by atoms with E-state index in [9.17, 15) is 19.4 Å². The zero-order valence-corrected chi connectivity index (χ0v) is 16.3. The van der Waals surface area contributed by atoms with Crippen molar-refractivity contribution < 1.29 is 37.9 Å². The Bertz CT molecular complexity index is 604. The van der Waals surface area contributed by atoms with Crippen LogP contribution in [0, 0.1) is 0 Å². The van der Waals surface area contributed by atoms with Crippen LogP contribution < -0.4 is 9.61 Å². The van der Waals surface area contributed by atoms with Gasteiger partial charge in [-0.1, -0.05) is 18.2 Å². The number of carbonyl (C=O) groups excluding carboxylic acids is 1. The molecular formula is C17H25FNO7P. The largest absolute Gasteiger partial charge is 0.460 e. The smallest absolute Gasteiger partial charge is 0.354 e. The highest BCUT2D eigenvalue weighted by atomic mass is 31.2. The summed E-state index contributed by atoms with van der Waals surface area (Å²) in [5.41, 5.74) is -2.08. The van der Waals surface area contributed by atoms with Crippen LogP contribution in [0.5, 0.6) is 5.75 Å². The fraction of sp³-hybridized carbons (Fsp3) is 0.588. The molecule has 1 aliphatic rings. The van der Waals surface area contributed by atoms with Crippen molar-refractivity contribution in [1.82, 2.24) is 5.09 Å². The molecule has 152 valence electrons. The lowest BCUT2D eigenvalue weighted by molar-refractivity contribution is -0.169. The number of alkyl halides is 1. The first kappa shape index (κ1) is 21.9. The van der Waals surface area contributed by atoms with E-state index in [-0.39, 0.29) is 13.2 Å². The lowest BCUT2D eigenvalue weighted by Crippen LogP contribution is -2.49. The second-order valence-electron chi connectivity index (χ2n) is 6.47. The Morgan fingerprint density at radius 2 is 2.11 bits per heavy atom. The van der Waals surface area contributed by atoms with Crippen molar-refractivity contribution in [1.29, 1.82) is 0 Å². The van der Waals surface area contributed by atoms with Crippen molar-refractivity contribution >= 4 is 14.5 Å². The number of esters is 1. The van der Waals surface area contributed by atoms with Crippen LogP contribution in [-0.2, 0) is 18.8 Å². The minimum atomic E-state index is -2.08. The van der Waals surface area contributed by atoms with Gasteiger partial charge < -0.3 is 28.7 Å². The lowest BCUT2D eigenvalue weighted by Gasteiger charge is -2.28. The molecule has 2 rings (SSSR count). The molecule has 1 saturated heterocycles. The number of carbonyl (C=O) groups is 1. The van der Waals surface area contributed by atoms with Crippen molar-refractivity contribution in [2.45, 2.75) is 51.0 Å². The average Bonchev–Trinajstić information content (AvgIpc) is 2.91. The van der Waals surface area contributed by atoms with Crippen LogP contribution >= 0.6 is 8.53 Å². The van der Waals surface area contributed by atoms with Crippen LogP contribution in [0.1, 0.15) is 20.8 Å². The van der Waals surface area contributed by atoms with Gasteiger partial charge in [0.15, 0.2) is 6.17 Å². The summed E-state index contributed by atoms with van der Waals surface area (Å²) in [6, 6.07) is 8.61. The van der Waals surface area contributed by atoms with Gasteiger partial charge >= 0.3 is 14.5 Å². The number of hydrogen-bond acceptors (Lipinski definition) is 8. The van der Waals surface area contributed by atoms with Gasteiger partial charge in [-0.25, -0.2) is 14.3 Å². The Morgan fingerprint density at radius 1 is 1.44 bits per heavy atom. The van der Waals surface area contributed by atoms with E-state index in [4.69, 9.17) is 18.5 Å². The Balaban J connectivity index is 2.03. The molecule has 1 aromatic rings. The molecule has 0 spiro atoms. The average molecular weight is 405 g/mol. The molecule has 27 heavy (non-hydrogen) atoms. The maximum absolute atomic E-state index is 13.4. The Kier molecular flexibility index (Phi) is 7.91. The fourth-order valence-corrected chi connectivity index (χ4v) is 3.35. The van der Waals surface area contributed by atoms with Gasteiger partial charge in [-0.3, -0.25) is 0 Å². The van der Waals surface area contributed by atoms with Gasteiger partial charge in [0.2, 0.25) is 5.72 Å². The highest BCUT2D eigenvalue weighted by Crippen LogP contribution is 2.38. The van der Waals surface area contributed by atoms with E-state index in [0.29, 0.717) is 5.75 Å². The zero-order chi connectivity index (χ0) is 20.0. The predicted octanol–water partition coefficient (Wildman–Crippen LogP) is 1.66. The normalized spacial score (nSPS) is 25.8. The van der Waals surface area contributed by atoms with Gasteiger partial charge in [-0.2, -0.15) is 0 Å². The minimum Gasteiger partial charge on any atom is -0.460 e. The van der Waals surface area contributed by atoms with E-state index in [2.05, 4.69) is 5.09 Å². The molecule has 0 aliphatic carbocycles. The maximum Gasteiger partial charge on any atom is 0.354 e. The molecule has 5 atom stereocenters. The first-order valence-electron chi connectivity index (χ1n) is 8.50. The van der Waals surface area contributed by atoms with Crippen LogP contribution in [-0.4, -0.2) is 59.6 Å². The summed E-state index contributed by atoms with van der Waals surface area (Å²) in [6.45, 7) is 4.10. The minimum absolute atomic E-state index is 0.192. The summed E-state index contributed by atoms with van der Waals surface area (Å²) in [4.78, 5) is 12.1. The number of rotatable bonds is 9. The zero-order valence-electron chi connectivity index (χ0n) is 15.4. The summed E-state index contributed by atoms with van der Waals surface area (Å²) in [5.74, 6) is -0.466. The van der Waals surface area contributed by atoms with Crippen LogP contribution in [0.15, 0.2) is 30.3 Å². The number of aliphatic hydroxyl groups excluding tert-OH is 1. The molecular weight excluding hydrogens is 380 g/mol. The van der Waals surface area contributed by atoms with Gasteiger partial charge in [0.1, 0.15) is 18.0 Å². The van der Waals surface area contributed by atoms with Crippen LogP contribution in [0.3, 0.4) is 0 Å². The molecule has 0 bridgehead atoms. The summed E-state index contributed by atoms with van der Waals surface area (Å²) in [5, 5.41) is 22.7. The fourth-order valence-electron chi connectivity index (χ4n) is 2.14. The summed E-state index contributed by atoms with van der Waals surface area (Å²) >= 11 is 0. The number of nitrogens with one attached hydrogen (secondary N) is 1. The maximum atomic E-state index is 13.4. The summed E-state index contributed by atoms with van der Waals surface area (Å²) in [7, 11) is -2.05. The van der Waals surface area contributed by atoms with E-state index < -0.39 is 44.7 Å². The third kappa shape index (κ3) is 6.64. The van der Waals surface area contributed by atoms with Gasteiger partial charge in [0.25, 0.3) is 0 Å². The van der Waals surface area contributed by atoms with Crippen LogP contribution in [0.2, 0.25) is 0 Å². The van der Waals surface area contributed by atoms with Gasteiger partial charge in [0, 0.05) is 0 Å². The molecule has 0 aromatic heterocycles. The number of hydrogen-bond donors (Lipinski definition) is 3. The summed E-state index contributed by atoms with van der Waals surface area (Å²) < 4.78 is 34.7. The molecule has 1 aromatic carbocycles. The number of aliphatic hydroxyl groups is 2. The van der Waals surface area contributed by atoms with E-state index in [1.54, 1.807) is 44.2 Å². The van der Waals surface area contributed by atoms with Crippen molar-refractivity contribution in [2.24, 2.45) is 0 Å². The number of benzene rings is 1. The van der Waals surface area contributed by atoms with Crippen LogP contribution in [0.4, 0.5) is 4.39 Å². The number of ether oxygens (including phenoxy) is 2. The van der Waals surface area contributed by atoms with Gasteiger partial charge in [-0.05, 0) is 32.9 Å². The number of halogens is 1. The molecule has 10 heteroatoms. The number of para-hydroxylation sites is 1. The van der Waals surface area contributed by atoms with E-state index in [1.165, 1.54) is 6.92 Å². The monoisotopic (exact) mass is 405 g/mol. The van der Waals surface area contributed by atoms with Crippen LogP contribution in [0.25, 0.3) is 0 Å². The quantitative estimate of drug-likeness (QED) is 0.324. The Hall–Kier alpha value is -1.35. The Labute approximate surface area is 158 Å². The van der Waals surface area contributed by atoms with E-state index in [1.807, 2.05) is 0 Å². The van der Waals surface area contributed by atoms with Gasteiger partial charge in [0.05, 0.1) is 19.3 Å². The van der Waals surface area contributed by atoms with Crippen molar-refractivity contribution in [3.8, 4) is 5.75 Å². The second-order valence-corrected chi connectivity index (χ2v) is 7.65. The molecule has 3 N–H and O–H groups in total. The summed E-state index contributed by atoms with van der Waals surface area (Å²) in [6.07, 6.45) is -4.10. The lowest BCUT2D eigenvalue weighted by atomic mass is 10.2. The van der Waals surface area contributed by atoms with Crippen molar-refractivity contribution in [3.63, 3.8) is 0 Å². The highest BCUT2D eigenvalue weighted by Gasteiger charge is 2.40. The predicted molar refractivity (Wildman–Crippen MR) is 95.6 cm³/mol. The third-order valence-corrected chi connectivity index (χ3v) is 4.94. The molecule has 4 unspecified atom stereocenters. The molecule has 0 radical (unpaired) electrons. The first-order chi connectivity index (χ1) is 12.7. The van der Waals surface area contributed by atoms with E-state index in [0.717, 1.165) is 0 Å². The molecule has 1 aliphatic heterocycles. The topological polar surface area (TPSA) is 106 Å². The Morgan fingerprint density at radius 3 is 2.67 bits per heavy atom. The van der Waals surface area contributed by atoms with Gasteiger partial charge in [-0.15, -0.1) is 0 Å². The molecule has 8 nitrogen and oxygen atoms in total. The third-order valence-electron chi connectivity index (χ3n) is 3.56.